The number of hydrogen-bond donors (Lipinski definition) is 2. The number of hydrogen-bond acceptors (Lipinski definition) is 4. The molecule has 0 bridgehead atoms. The summed E-state index contributed by atoms with van der Waals surface area (Å²) in [7, 11) is 1.62. The number of ether oxygens (including phenoxy) is 2. The number of rotatable bonds is 7. The molecule has 1 aliphatic rings. The van der Waals surface area contributed by atoms with Gasteiger partial charge in [-0.15, -0.1) is 0 Å². The van der Waals surface area contributed by atoms with Crippen LogP contribution in [0.1, 0.15) is 31.7 Å². The summed E-state index contributed by atoms with van der Waals surface area (Å²) in [6, 6.07) is 7.84. The SMILES string of the molecule is CCCOc1ccc(CNC(=O)C2(OC)CCNCC2)cc1. The molecule has 0 atom stereocenters. The highest BCUT2D eigenvalue weighted by molar-refractivity contribution is 5.85. The van der Waals surface area contributed by atoms with Crippen molar-refractivity contribution in [2.45, 2.75) is 38.3 Å². The predicted molar refractivity (Wildman–Crippen MR) is 85.9 cm³/mol. The number of methoxy groups -OCH3 is 1. The number of carbonyl (C=O) groups excluding carboxylic acids is 1. The maximum atomic E-state index is 12.4. The molecular weight excluding hydrogens is 280 g/mol. The normalized spacial score (nSPS) is 17.0. The van der Waals surface area contributed by atoms with Gasteiger partial charge in [0.25, 0.3) is 5.91 Å². The molecule has 0 aromatic heterocycles. The molecule has 5 heteroatoms. The molecule has 1 aliphatic heterocycles. The molecule has 0 spiro atoms. The zero-order valence-electron chi connectivity index (χ0n) is 13.5. The summed E-state index contributed by atoms with van der Waals surface area (Å²) in [5, 5.41) is 6.24. The largest absolute Gasteiger partial charge is 0.494 e. The van der Waals surface area contributed by atoms with Gasteiger partial charge in [-0.05, 0) is 50.0 Å². The standard InChI is InChI=1S/C17H26N2O3/c1-3-12-22-15-6-4-14(5-7-15)13-19-16(20)17(21-2)8-10-18-11-9-17/h4-7,18H,3,8-13H2,1-2H3,(H,19,20). The highest BCUT2D eigenvalue weighted by atomic mass is 16.5. The van der Waals surface area contributed by atoms with E-state index in [1.54, 1.807) is 7.11 Å². The molecule has 1 fully saturated rings. The van der Waals surface area contributed by atoms with Gasteiger partial charge in [-0.25, -0.2) is 0 Å². The molecule has 1 heterocycles. The van der Waals surface area contributed by atoms with Crippen LogP contribution in [0.5, 0.6) is 5.75 Å². The Labute approximate surface area is 132 Å². The Morgan fingerprint density at radius 3 is 2.55 bits per heavy atom. The molecule has 0 aliphatic carbocycles. The van der Waals surface area contributed by atoms with E-state index >= 15 is 0 Å². The van der Waals surface area contributed by atoms with E-state index in [1.807, 2.05) is 24.3 Å². The fourth-order valence-electron chi connectivity index (χ4n) is 2.62. The second kappa shape index (κ2) is 8.15. The summed E-state index contributed by atoms with van der Waals surface area (Å²) < 4.78 is 11.1. The Balaban J connectivity index is 1.87. The number of benzene rings is 1. The molecule has 2 rings (SSSR count). The third-order valence-electron chi connectivity index (χ3n) is 4.07. The minimum Gasteiger partial charge on any atom is -0.494 e. The Morgan fingerprint density at radius 1 is 1.27 bits per heavy atom. The average molecular weight is 306 g/mol. The van der Waals surface area contributed by atoms with Crippen molar-refractivity contribution in [2.24, 2.45) is 0 Å². The first-order valence-corrected chi connectivity index (χ1v) is 7.96. The number of nitrogens with one attached hydrogen (secondary N) is 2. The van der Waals surface area contributed by atoms with Crippen LogP contribution in [0.4, 0.5) is 0 Å². The van der Waals surface area contributed by atoms with E-state index in [2.05, 4.69) is 17.6 Å². The van der Waals surface area contributed by atoms with Gasteiger partial charge in [0, 0.05) is 13.7 Å². The van der Waals surface area contributed by atoms with E-state index in [4.69, 9.17) is 9.47 Å². The molecule has 1 aromatic rings. The van der Waals surface area contributed by atoms with Gasteiger partial charge >= 0.3 is 0 Å². The third-order valence-corrected chi connectivity index (χ3v) is 4.07. The van der Waals surface area contributed by atoms with E-state index in [1.165, 1.54) is 0 Å². The Bertz CT molecular complexity index is 467. The molecule has 5 nitrogen and oxygen atoms in total. The number of carbonyl (C=O) groups is 1. The van der Waals surface area contributed by atoms with E-state index in [-0.39, 0.29) is 5.91 Å². The van der Waals surface area contributed by atoms with Crippen molar-refractivity contribution in [1.82, 2.24) is 10.6 Å². The lowest BCUT2D eigenvalue weighted by atomic mass is 9.91. The van der Waals surface area contributed by atoms with Crippen LogP contribution in [0, 0.1) is 0 Å². The fraction of sp³-hybridized carbons (Fsp3) is 0.588. The maximum Gasteiger partial charge on any atom is 0.252 e. The van der Waals surface area contributed by atoms with E-state index in [0.29, 0.717) is 19.4 Å². The summed E-state index contributed by atoms with van der Waals surface area (Å²) >= 11 is 0. The van der Waals surface area contributed by atoms with E-state index < -0.39 is 5.60 Å². The van der Waals surface area contributed by atoms with Crippen molar-refractivity contribution in [3.8, 4) is 5.75 Å². The molecule has 0 radical (unpaired) electrons. The van der Waals surface area contributed by atoms with Gasteiger partial charge in [0.15, 0.2) is 0 Å². The van der Waals surface area contributed by atoms with Gasteiger partial charge < -0.3 is 20.1 Å². The van der Waals surface area contributed by atoms with Crippen molar-refractivity contribution < 1.29 is 14.3 Å². The average Bonchev–Trinajstić information content (AvgIpc) is 2.59. The number of amides is 1. The smallest absolute Gasteiger partial charge is 0.252 e. The van der Waals surface area contributed by atoms with E-state index in [0.717, 1.165) is 37.4 Å². The van der Waals surface area contributed by atoms with Crippen LogP contribution in [0.15, 0.2) is 24.3 Å². The van der Waals surface area contributed by atoms with Crippen molar-refractivity contribution in [2.75, 3.05) is 26.8 Å². The second-order valence-electron chi connectivity index (χ2n) is 5.62. The molecule has 1 aromatic carbocycles. The van der Waals surface area contributed by atoms with Gasteiger partial charge in [0.2, 0.25) is 0 Å². The Kier molecular flexibility index (Phi) is 6.21. The first-order valence-electron chi connectivity index (χ1n) is 7.96. The summed E-state index contributed by atoms with van der Waals surface area (Å²) in [5.74, 6) is 0.839. The van der Waals surface area contributed by atoms with E-state index in [9.17, 15) is 4.79 Å². The minimum absolute atomic E-state index is 0.0252. The molecule has 122 valence electrons. The van der Waals surface area contributed by atoms with Crippen molar-refractivity contribution in [3.05, 3.63) is 29.8 Å². The summed E-state index contributed by atoms with van der Waals surface area (Å²) in [6.07, 6.45) is 2.41. The Hall–Kier alpha value is -1.59. The zero-order valence-corrected chi connectivity index (χ0v) is 13.5. The van der Waals surface area contributed by atoms with Crippen LogP contribution in [0.2, 0.25) is 0 Å². The quantitative estimate of drug-likeness (QED) is 0.807. The first kappa shape index (κ1) is 16.8. The topological polar surface area (TPSA) is 59.6 Å². The minimum atomic E-state index is -0.685. The lowest BCUT2D eigenvalue weighted by molar-refractivity contribution is -0.146. The predicted octanol–water partition coefficient (Wildman–Crippen LogP) is 1.86. The molecule has 0 unspecified atom stereocenters. The summed E-state index contributed by atoms with van der Waals surface area (Å²) in [4.78, 5) is 12.4. The maximum absolute atomic E-state index is 12.4. The fourth-order valence-corrected chi connectivity index (χ4v) is 2.62. The molecule has 1 saturated heterocycles. The zero-order chi connectivity index (χ0) is 15.8. The van der Waals surface area contributed by atoms with Gasteiger partial charge in [-0.2, -0.15) is 0 Å². The van der Waals surface area contributed by atoms with Gasteiger partial charge in [-0.3, -0.25) is 4.79 Å². The van der Waals surface area contributed by atoms with Crippen LogP contribution >= 0.6 is 0 Å². The van der Waals surface area contributed by atoms with Crippen LogP contribution in [0.25, 0.3) is 0 Å². The molecule has 2 N–H and O–H groups in total. The lowest BCUT2D eigenvalue weighted by Gasteiger charge is -2.34. The second-order valence-corrected chi connectivity index (χ2v) is 5.62. The van der Waals surface area contributed by atoms with Crippen molar-refractivity contribution in [3.63, 3.8) is 0 Å². The van der Waals surface area contributed by atoms with Gasteiger partial charge in [0.05, 0.1) is 6.61 Å². The molecular formula is C17H26N2O3. The molecule has 22 heavy (non-hydrogen) atoms. The summed E-state index contributed by atoms with van der Waals surface area (Å²) in [6.45, 7) is 4.93. The lowest BCUT2D eigenvalue weighted by Crippen LogP contribution is -2.53. The van der Waals surface area contributed by atoms with Crippen LogP contribution in [-0.2, 0) is 16.1 Å². The highest BCUT2D eigenvalue weighted by Crippen LogP contribution is 2.22. The third kappa shape index (κ3) is 4.21. The highest BCUT2D eigenvalue weighted by Gasteiger charge is 2.39. The number of piperidine rings is 1. The van der Waals surface area contributed by atoms with Gasteiger partial charge in [0.1, 0.15) is 11.4 Å². The van der Waals surface area contributed by atoms with Crippen LogP contribution in [0.3, 0.4) is 0 Å². The monoisotopic (exact) mass is 306 g/mol. The van der Waals surface area contributed by atoms with Gasteiger partial charge in [-0.1, -0.05) is 19.1 Å². The van der Waals surface area contributed by atoms with Crippen molar-refractivity contribution in [1.29, 1.82) is 0 Å². The molecule has 0 saturated carbocycles. The van der Waals surface area contributed by atoms with Crippen LogP contribution < -0.4 is 15.4 Å². The molecule has 1 amide bonds. The van der Waals surface area contributed by atoms with Crippen LogP contribution in [-0.4, -0.2) is 38.3 Å². The first-order chi connectivity index (χ1) is 10.7. The van der Waals surface area contributed by atoms with Crippen molar-refractivity contribution >= 4 is 5.91 Å². The Morgan fingerprint density at radius 2 is 1.95 bits per heavy atom. The summed E-state index contributed by atoms with van der Waals surface area (Å²) in [5.41, 5.74) is 0.368.